The number of hydrogen-bond acceptors (Lipinski definition) is 3. The van der Waals surface area contributed by atoms with E-state index < -0.39 is 0 Å². The van der Waals surface area contributed by atoms with Crippen LogP contribution in [0.3, 0.4) is 0 Å². The van der Waals surface area contributed by atoms with Crippen LogP contribution in [0.2, 0.25) is 0 Å². The van der Waals surface area contributed by atoms with Crippen molar-refractivity contribution in [2.45, 2.75) is 19.9 Å². The van der Waals surface area contributed by atoms with Gasteiger partial charge in [-0.3, -0.25) is 9.59 Å². The molecule has 1 aromatic rings. The van der Waals surface area contributed by atoms with Gasteiger partial charge >= 0.3 is 0 Å². The molecule has 1 rings (SSSR count). The van der Waals surface area contributed by atoms with E-state index in [9.17, 15) is 9.59 Å². The molecule has 0 unspecified atom stereocenters. The van der Waals surface area contributed by atoms with Crippen LogP contribution in [0.5, 0.6) is 0 Å². The summed E-state index contributed by atoms with van der Waals surface area (Å²) < 4.78 is 4.85. The standard InChI is InChI=1S/C14H20N2O3/c1-10(2)16-14(18)12-6-4-11(5-7-12)13(17)15-8-9-19-3/h4-7,10H,8-9H2,1-3H3,(H,15,17)(H,16,18). The van der Waals surface area contributed by atoms with Crippen LogP contribution in [0.15, 0.2) is 24.3 Å². The smallest absolute Gasteiger partial charge is 0.251 e. The van der Waals surface area contributed by atoms with Gasteiger partial charge in [-0.25, -0.2) is 0 Å². The highest BCUT2D eigenvalue weighted by Gasteiger charge is 2.09. The van der Waals surface area contributed by atoms with Crippen LogP contribution in [0.1, 0.15) is 34.6 Å². The van der Waals surface area contributed by atoms with Gasteiger partial charge in [0.2, 0.25) is 0 Å². The number of carbonyl (C=O) groups is 2. The maximum absolute atomic E-state index is 11.7. The largest absolute Gasteiger partial charge is 0.383 e. The van der Waals surface area contributed by atoms with E-state index in [2.05, 4.69) is 10.6 Å². The van der Waals surface area contributed by atoms with Crippen molar-refractivity contribution in [2.24, 2.45) is 0 Å². The number of benzene rings is 1. The lowest BCUT2D eigenvalue weighted by Gasteiger charge is -2.09. The summed E-state index contributed by atoms with van der Waals surface area (Å²) in [4.78, 5) is 23.4. The quantitative estimate of drug-likeness (QED) is 0.759. The molecule has 2 amide bonds. The molecule has 5 nitrogen and oxygen atoms in total. The van der Waals surface area contributed by atoms with Crippen LogP contribution >= 0.6 is 0 Å². The van der Waals surface area contributed by atoms with Gasteiger partial charge in [-0.1, -0.05) is 0 Å². The first kappa shape index (κ1) is 15.2. The highest BCUT2D eigenvalue weighted by Crippen LogP contribution is 2.05. The van der Waals surface area contributed by atoms with E-state index in [1.54, 1.807) is 31.4 Å². The second kappa shape index (κ2) is 7.53. The minimum absolute atomic E-state index is 0.0875. The first-order valence-corrected chi connectivity index (χ1v) is 6.22. The maximum Gasteiger partial charge on any atom is 0.251 e. The molecule has 0 fully saturated rings. The van der Waals surface area contributed by atoms with Crippen LogP contribution in [-0.2, 0) is 4.74 Å². The van der Waals surface area contributed by atoms with Gasteiger partial charge < -0.3 is 15.4 Å². The number of nitrogens with one attached hydrogen (secondary N) is 2. The third-order valence-electron chi connectivity index (χ3n) is 2.42. The van der Waals surface area contributed by atoms with Crippen LogP contribution in [-0.4, -0.2) is 38.1 Å². The Morgan fingerprint density at radius 2 is 1.63 bits per heavy atom. The van der Waals surface area contributed by atoms with Crippen molar-refractivity contribution in [3.63, 3.8) is 0 Å². The Hall–Kier alpha value is -1.88. The zero-order chi connectivity index (χ0) is 14.3. The van der Waals surface area contributed by atoms with Gasteiger partial charge in [-0.2, -0.15) is 0 Å². The molecule has 19 heavy (non-hydrogen) atoms. The molecular weight excluding hydrogens is 244 g/mol. The Morgan fingerprint density at radius 3 is 2.11 bits per heavy atom. The zero-order valence-corrected chi connectivity index (χ0v) is 11.5. The number of hydrogen-bond donors (Lipinski definition) is 2. The monoisotopic (exact) mass is 264 g/mol. The Kier molecular flexibility index (Phi) is 6.02. The molecule has 0 aliphatic heterocycles. The fourth-order valence-electron chi connectivity index (χ4n) is 1.49. The second-order valence-corrected chi connectivity index (χ2v) is 4.45. The molecule has 0 radical (unpaired) electrons. The van der Waals surface area contributed by atoms with Crippen LogP contribution in [0.4, 0.5) is 0 Å². The van der Waals surface area contributed by atoms with Gasteiger partial charge in [-0.05, 0) is 38.1 Å². The molecule has 0 aliphatic rings. The summed E-state index contributed by atoms with van der Waals surface area (Å²) in [5, 5.41) is 5.51. The number of amides is 2. The summed E-state index contributed by atoms with van der Waals surface area (Å²) in [6.45, 7) is 4.73. The molecule has 0 spiro atoms. The van der Waals surface area contributed by atoms with E-state index in [4.69, 9.17) is 4.74 Å². The summed E-state index contributed by atoms with van der Waals surface area (Å²) in [7, 11) is 1.58. The highest BCUT2D eigenvalue weighted by atomic mass is 16.5. The number of ether oxygens (including phenoxy) is 1. The zero-order valence-electron chi connectivity index (χ0n) is 11.5. The van der Waals surface area contributed by atoms with Crippen molar-refractivity contribution in [3.8, 4) is 0 Å². The molecule has 104 valence electrons. The van der Waals surface area contributed by atoms with Gasteiger partial charge in [0.05, 0.1) is 6.61 Å². The van der Waals surface area contributed by atoms with E-state index in [1.165, 1.54) is 0 Å². The van der Waals surface area contributed by atoms with E-state index >= 15 is 0 Å². The lowest BCUT2D eigenvalue weighted by atomic mass is 10.1. The maximum atomic E-state index is 11.7. The lowest BCUT2D eigenvalue weighted by molar-refractivity contribution is 0.0928. The van der Waals surface area contributed by atoms with Crippen LogP contribution in [0, 0.1) is 0 Å². The van der Waals surface area contributed by atoms with E-state index in [-0.39, 0.29) is 17.9 Å². The average molecular weight is 264 g/mol. The predicted molar refractivity (Wildman–Crippen MR) is 73.3 cm³/mol. The molecule has 5 heteroatoms. The van der Waals surface area contributed by atoms with E-state index in [1.807, 2.05) is 13.8 Å². The minimum atomic E-state index is -0.173. The Labute approximate surface area is 113 Å². The molecule has 1 aromatic carbocycles. The normalized spacial score (nSPS) is 10.3. The summed E-state index contributed by atoms with van der Waals surface area (Å²) in [5.74, 6) is -0.311. The molecule has 0 atom stereocenters. The SMILES string of the molecule is COCCNC(=O)c1ccc(C(=O)NC(C)C)cc1. The molecule has 2 N–H and O–H groups in total. The Morgan fingerprint density at radius 1 is 1.11 bits per heavy atom. The van der Waals surface area contributed by atoms with Crippen molar-refractivity contribution in [1.82, 2.24) is 10.6 Å². The molecule has 0 aliphatic carbocycles. The van der Waals surface area contributed by atoms with Crippen molar-refractivity contribution in [3.05, 3.63) is 35.4 Å². The second-order valence-electron chi connectivity index (χ2n) is 4.45. The molecular formula is C14H20N2O3. The van der Waals surface area contributed by atoms with Crippen molar-refractivity contribution in [2.75, 3.05) is 20.3 Å². The van der Waals surface area contributed by atoms with Crippen molar-refractivity contribution >= 4 is 11.8 Å². The molecule has 0 saturated heterocycles. The minimum Gasteiger partial charge on any atom is -0.383 e. The third kappa shape index (κ3) is 5.09. The molecule has 0 saturated carbocycles. The molecule has 0 aromatic heterocycles. The summed E-state index contributed by atoms with van der Waals surface area (Å²) in [5.41, 5.74) is 1.07. The number of rotatable bonds is 6. The molecule has 0 bridgehead atoms. The van der Waals surface area contributed by atoms with Gasteiger partial charge in [0.1, 0.15) is 0 Å². The Balaban J connectivity index is 2.60. The van der Waals surface area contributed by atoms with Crippen LogP contribution < -0.4 is 10.6 Å². The first-order chi connectivity index (χ1) is 9.04. The predicted octanol–water partition coefficient (Wildman–Crippen LogP) is 1.20. The Bertz CT molecular complexity index is 427. The summed E-state index contributed by atoms with van der Waals surface area (Å²) in [6.07, 6.45) is 0. The topological polar surface area (TPSA) is 67.4 Å². The number of methoxy groups -OCH3 is 1. The van der Waals surface area contributed by atoms with Crippen LogP contribution in [0.25, 0.3) is 0 Å². The lowest BCUT2D eigenvalue weighted by Crippen LogP contribution is -2.30. The van der Waals surface area contributed by atoms with Gasteiger partial charge in [-0.15, -0.1) is 0 Å². The van der Waals surface area contributed by atoms with Gasteiger partial charge in [0.25, 0.3) is 11.8 Å². The van der Waals surface area contributed by atoms with Gasteiger partial charge in [0, 0.05) is 30.8 Å². The van der Waals surface area contributed by atoms with E-state index in [0.29, 0.717) is 24.3 Å². The van der Waals surface area contributed by atoms with E-state index in [0.717, 1.165) is 0 Å². The fraction of sp³-hybridized carbons (Fsp3) is 0.429. The fourth-order valence-corrected chi connectivity index (χ4v) is 1.49. The van der Waals surface area contributed by atoms with Crippen molar-refractivity contribution in [1.29, 1.82) is 0 Å². The van der Waals surface area contributed by atoms with Crippen molar-refractivity contribution < 1.29 is 14.3 Å². The number of carbonyl (C=O) groups excluding carboxylic acids is 2. The summed E-state index contributed by atoms with van der Waals surface area (Å²) in [6, 6.07) is 6.64. The van der Waals surface area contributed by atoms with Gasteiger partial charge in [0.15, 0.2) is 0 Å². The third-order valence-corrected chi connectivity index (χ3v) is 2.42. The average Bonchev–Trinajstić information content (AvgIpc) is 2.38. The highest BCUT2D eigenvalue weighted by molar-refractivity contribution is 5.97. The molecule has 0 heterocycles. The summed E-state index contributed by atoms with van der Waals surface area (Å²) >= 11 is 0. The first-order valence-electron chi connectivity index (χ1n) is 6.22.